The second-order valence-electron chi connectivity index (χ2n) is 5.32. The van der Waals surface area contributed by atoms with Gasteiger partial charge in [0.2, 0.25) is 0 Å². The standard InChI is InChI=1S/C14H19NO/c1-14(16)6-2-4-10-8-11-5-3-7-15-13(11)9-12(10)14/h8-9,15-16H,2-7H2,1H3. The zero-order chi connectivity index (χ0) is 11.2. The third kappa shape index (κ3) is 1.52. The molecule has 0 bridgehead atoms. The first-order valence-electron chi connectivity index (χ1n) is 6.29. The molecule has 86 valence electrons. The SMILES string of the molecule is CC1(O)CCCc2cc3c(cc21)NCCC3. The van der Waals surface area contributed by atoms with Crippen molar-refractivity contribution in [3.8, 4) is 0 Å². The van der Waals surface area contributed by atoms with Crippen LogP contribution in [0.2, 0.25) is 0 Å². The summed E-state index contributed by atoms with van der Waals surface area (Å²) in [7, 11) is 0. The van der Waals surface area contributed by atoms with Crippen LogP contribution in [0.15, 0.2) is 12.1 Å². The van der Waals surface area contributed by atoms with Gasteiger partial charge in [-0.05, 0) is 61.8 Å². The van der Waals surface area contributed by atoms with Crippen LogP contribution in [-0.4, -0.2) is 11.7 Å². The van der Waals surface area contributed by atoms with Gasteiger partial charge >= 0.3 is 0 Å². The van der Waals surface area contributed by atoms with Gasteiger partial charge in [-0.2, -0.15) is 0 Å². The lowest BCUT2D eigenvalue weighted by Crippen LogP contribution is -2.28. The van der Waals surface area contributed by atoms with Crippen molar-refractivity contribution < 1.29 is 5.11 Å². The van der Waals surface area contributed by atoms with Crippen molar-refractivity contribution in [3.63, 3.8) is 0 Å². The fourth-order valence-corrected chi connectivity index (χ4v) is 3.03. The summed E-state index contributed by atoms with van der Waals surface area (Å²) < 4.78 is 0. The molecule has 2 heteroatoms. The minimum atomic E-state index is -0.623. The highest BCUT2D eigenvalue weighted by atomic mass is 16.3. The van der Waals surface area contributed by atoms with E-state index in [4.69, 9.17) is 0 Å². The van der Waals surface area contributed by atoms with Crippen LogP contribution in [0.4, 0.5) is 5.69 Å². The van der Waals surface area contributed by atoms with Crippen molar-refractivity contribution >= 4 is 5.69 Å². The molecule has 0 saturated carbocycles. The van der Waals surface area contributed by atoms with Crippen molar-refractivity contribution in [1.82, 2.24) is 0 Å². The summed E-state index contributed by atoms with van der Waals surface area (Å²) in [6.45, 7) is 3.01. The van der Waals surface area contributed by atoms with Crippen LogP contribution in [-0.2, 0) is 18.4 Å². The second-order valence-corrected chi connectivity index (χ2v) is 5.32. The molecule has 1 aliphatic carbocycles. The number of hydrogen-bond acceptors (Lipinski definition) is 2. The third-order valence-corrected chi connectivity index (χ3v) is 3.96. The lowest BCUT2D eigenvalue weighted by atomic mass is 9.79. The molecule has 16 heavy (non-hydrogen) atoms. The zero-order valence-electron chi connectivity index (χ0n) is 9.84. The van der Waals surface area contributed by atoms with E-state index in [-0.39, 0.29) is 0 Å². The Morgan fingerprint density at radius 1 is 1.19 bits per heavy atom. The monoisotopic (exact) mass is 217 g/mol. The van der Waals surface area contributed by atoms with E-state index in [0.717, 1.165) is 31.4 Å². The number of hydrogen-bond donors (Lipinski definition) is 2. The molecule has 2 aliphatic rings. The van der Waals surface area contributed by atoms with Crippen LogP contribution in [0, 0.1) is 0 Å². The highest BCUT2D eigenvalue weighted by Crippen LogP contribution is 2.38. The van der Waals surface area contributed by atoms with Gasteiger partial charge in [0.15, 0.2) is 0 Å². The summed E-state index contributed by atoms with van der Waals surface area (Å²) in [4.78, 5) is 0. The molecule has 1 aromatic carbocycles. The Kier molecular flexibility index (Phi) is 2.21. The summed E-state index contributed by atoms with van der Waals surface area (Å²) in [5.41, 5.74) is 4.56. The molecule has 0 fully saturated rings. The number of anilines is 1. The van der Waals surface area contributed by atoms with Gasteiger partial charge in [-0.25, -0.2) is 0 Å². The van der Waals surface area contributed by atoms with Crippen LogP contribution < -0.4 is 5.32 Å². The quantitative estimate of drug-likeness (QED) is 0.700. The predicted octanol–water partition coefficient (Wildman–Crippen LogP) is 2.59. The van der Waals surface area contributed by atoms with Gasteiger partial charge in [0, 0.05) is 12.2 Å². The van der Waals surface area contributed by atoms with Crippen molar-refractivity contribution in [2.45, 2.75) is 44.6 Å². The molecule has 0 saturated heterocycles. The summed E-state index contributed by atoms with van der Waals surface area (Å²) in [5.74, 6) is 0. The van der Waals surface area contributed by atoms with Gasteiger partial charge in [-0.1, -0.05) is 6.07 Å². The van der Waals surface area contributed by atoms with Gasteiger partial charge in [0.1, 0.15) is 0 Å². The molecule has 1 aliphatic heterocycles. The molecular weight excluding hydrogens is 198 g/mol. The van der Waals surface area contributed by atoms with Crippen molar-refractivity contribution in [2.75, 3.05) is 11.9 Å². The largest absolute Gasteiger partial charge is 0.385 e. The van der Waals surface area contributed by atoms with Crippen LogP contribution in [0.25, 0.3) is 0 Å². The van der Waals surface area contributed by atoms with Crippen molar-refractivity contribution in [2.24, 2.45) is 0 Å². The van der Waals surface area contributed by atoms with Crippen LogP contribution in [0.3, 0.4) is 0 Å². The second kappa shape index (κ2) is 3.49. The molecule has 0 radical (unpaired) electrons. The van der Waals surface area contributed by atoms with Crippen LogP contribution >= 0.6 is 0 Å². The van der Waals surface area contributed by atoms with E-state index >= 15 is 0 Å². The van der Waals surface area contributed by atoms with Gasteiger partial charge in [-0.3, -0.25) is 0 Å². The van der Waals surface area contributed by atoms with E-state index in [2.05, 4.69) is 17.4 Å². The number of benzene rings is 1. The Morgan fingerprint density at radius 2 is 2.00 bits per heavy atom. The fraction of sp³-hybridized carbons (Fsp3) is 0.571. The molecule has 0 spiro atoms. The highest BCUT2D eigenvalue weighted by molar-refractivity contribution is 5.58. The molecule has 0 amide bonds. The Labute approximate surface area is 96.7 Å². The van der Waals surface area contributed by atoms with Crippen LogP contribution in [0.5, 0.6) is 0 Å². The Morgan fingerprint density at radius 3 is 2.88 bits per heavy atom. The Balaban J connectivity index is 2.12. The molecule has 2 nitrogen and oxygen atoms in total. The first kappa shape index (κ1) is 10.2. The van der Waals surface area contributed by atoms with Crippen molar-refractivity contribution in [1.29, 1.82) is 0 Å². The molecule has 1 aromatic rings. The van der Waals surface area contributed by atoms with Gasteiger partial charge in [0.25, 0.3) is 0 Å². The zero-order valence-corrected chi connectivity index (χ0v) is 9.84. The number of aryl methyl sites for hydroxylation is 2. The van der Waals surface area contributed by atoms with E-state index < -0.39 is 5.60 Å². The summed E-state index contributed by atoms with van der Waals surface area (Å²) >= 11 is 0. The maximum atomic E-state index is 10.4. The Hall–Kier alpha value is -1.02. The van der Waals surface area contributed by atoms with Gasteiger partial charge in [-0.15, -0.1) is 0 Å². The maximum Gasteiger partial charge on any atom is 0.0872 e. The molecule has 3 rings (SSSR count). The first-order valence-corrected chi connectivity index (χ1v) is 6.29. The summed E-state index contributed by atoms with van der Waals surface area (Å²) in [6, 6.07) is 4.49. The molecule has 0 aromatic heterocycles. The molecule has 2 N–H and O–H groups in total. The maximum absolute atomic E-state index is 10.4. The predicted molar refractivity (Wildman–Crippen MR) is 65.8 cm³/mol. The van der Waals surface area contributed by atoms with E-state index in [1.54, 1.807) is 0 Å². The molecule has 1 atom stereocenters. The number of rotatable bonds is 0. The highest BCUT2D eigenvalue weighted by Gasteiger charge is 2.30. The lowest BCUT2D eigenvalue weighted by molar-refractivity contribution is 0.0387. The minimum Gasteiger partial charge on any atom is -0.385 e. The average molecular weight is 217 g/mol. The smallest absolute Gasteiger partial charge is 0.0872 e. The van der Waals surface area contributed by atoms with E-state index in [1.807, 2.05) is 6.92 Å². The van der Waals surface area contributed by atoms with E-state index in [1.165, 1.54) is 29.7 Å². The Bertz CT molecular complexity index is 423. The van der Waals surface area contributed by atoms with Crippen LogP contribution in [0.1, 0.15) is 42.9 Å². The minimum absolute atomic E-state index is 0.623. The molecule has 1 heterocycles. The van der Waals surface area contributed by atoms with Crippen molar-refractivity contribution in [3.05, 3.63) is 28.8 Å². The molecule has 1 unspecified atom stereocenters. The van der Waals surface area contributed by atoms with E-state index in [0.29, 0.717) is 0 Å². The fourth-order valence-electron chi connectivity index (χ4n) is 3.03. The van der Waals surface area contributed by atoms with E-state index in [9.17, 15) is 5.11 Å². The first-order chi connectivity index (χ1) is 7.67. The van der Waals surface area contributed by atoms with Gasteiger partial charge < -0.3 is 10.4 Å². The topological polar surface area (TPSA) is 32.3 Å². The summed E-state index contributed by atoms with van der Waals surface area (Å²) in [6.07, 6.45) is 5.52. The average Bonchev–Trinajstić information content (AvgIpc) is 2.27. The lowest BCUT2D eigenvalue weighted by Gasteiger charge is -2.33. The third-order valence-electron chi connectivity index (χ3n) is 3.96. The normalized spacial score (nSPS) is 27.9. The molecular formula is C14H19NO. The number of fused-ring (bicyclic) bond motifs is 2. The number of aliphatic hydroxyl groups is 1. The van der Waals surface area contributed by atoms with Gasteiger partial charge in [0.05, 0.1) is 5.60 Å². The number of nitrogens with one attached hydrogen (secondary N) is 1. The summed E-state index contributed by atoms with van der Waals surface area (Å²) in [5, 5.41) is 13.8.